The van der Waals surface area contributed by atoms with Gasteiger partial charge in [0.15, 0.2) is 0 Å². The highest BCUT2D eigenvalue weighted by atomic mass is 16.5. The molecule has 12 rings (SSSR count). The van der Waals surface area contributed by atoms with E-state index in [1.807, 2.05) is 12.1 Å². The lowest BCUT2D eigenvalue weighted by molar-refractivity contribution is -0.0229. The smallest absolute Gasteiger partial charge is 0.135 e. The first-order valence-corrected chi connectivity index (χ1v) is 18.6. The van der Waals surface area contributed by atoms with Gasteiger partial charge >= 0.3 is 0 Å². The number of para-hydroxylation sites is 2. The first-order valence-electron chi connectivity index (χ1n) is 18.6. The zero-order valence-corrected chi connectivity index (χ0v) is 28.0. The minimum Gasteiger partial charge on any atom is -0.457 e. The van der Waals surface area contributed by atoms with Crippen LogP contribution in [0.3, 0.4) is 0 Å². The van der Waals surface area contributed by atoms with Crippen molar-refractivity contribution in [3.8, 4) is 34.1 Å². The van der Waals surface area contributed by atoms with Crippen molar-refractivity contribution in [2.24, 2.45) is 35.1 Å². The van der Waals surface area contributed by atoms with Crippen molar-refractivity contribution in [1.82, 2.24) is 0 Å². The number of hydrogen-bond acceptors (Lipinski definition) is 4. The van der Waals surface area contributed by atoms with Crippen molar-refractivity contribution in [3.63, 3.8) is 0 Å². The Labute approximate surface area is 285 Å². The summed E-state index contributed by atoms with van der Waals surface area (Å²) >= 11 is 0. The molecule has 0 amide bonds. The standard InChI is InChI=1S/C44H48N2O2/c45-43-23-29-17-30(24-43)20-41(19-29,27-43)33-9-13-35(14-10-33)47-39-7-3-1-5-37(39)38-6-2-4-8-40(38)48-36-15-11-34(12-16-36)42-21-31-18-32(22-42)26-44(46,25-31)28-42/h1-16,29-32H,17-28,45-46H2. The van der Waals surface area contributed by atoms with Crippen LogP contribution in [-0.4, -0.2) is 11.1 Å². The second-order valence-corrected chi connectivity index (χ2v) is 17.5. The van der Waals surface area contributed by atoms with Gasteiger partial charge in [0.25, 0.3) is 0 Å². The summed E-state index contributed by atoms with van der Waals surface area (Å²) in [7, 11) is 0. The molecule has 4 aromatic rings. The summed E-state index contributed by atoms with van der Waals surface area (Å²) in [6, 6.07) is 34.5. The first-order chi connectivity index (χ1) is 23.3. The largest absolute Gasteiger partial charge is 0.457 e. The van der Waals surface area contributed by atoms with E-state index in [1.54, 1.807) is 0 Å². The van der Waals surface area contributed by atoms with Crippen LogP contribution in [0.1, 0.15) is 88.2 Å². The molecule has 4 heteroatoms. The molecule has 0 radical (unpaired) electrons. The van der Waals surface area contributed by atoms with E-state index in [0.717, 1.165) is 70.6 Å². The normalized spacial score (nSPS) is 37.1. The molecule has 8 bridgehead atoms. The van der Waals surface area contributed by atoms with Crippen molar-refractivity contribution in [3.05, 3.63) is 108 Å². The van der Waals surface area contributed by atoms with Crippen LogP contribution in [0.15, 0.2) is 97.1 Å². The molecule has 4 unspecified atom stereocenters. The first kappa shape index (κ1) is 29.3. The molecule has 0 heterocycles. The van der Waals surface area contributed by atoms with Crippen LogP contribution in [0.5, 0.6) is 23.0 Å². The molecule has 4 aromatic carbocycles. The van der Waals surface area contributed by atoms with Crippen molar-refractivity contribution < 1.29 is 9.47 Å². The van der Waals surface area contributed by atoms with E-state index in [4.69, 9.17) is 20.9 Å². The Hall–Kier alpha value is -3.60. The summed E-state index contributed by atoms with van der Waals surface area (Å²) in [5.41, 5.74) is 19.4. The second-order valence-electron chi connectivity index (χ2n) is 17.5. The Balaban J connectivity index is 0.889. The quantitative estimate of drug-likeness (QED) is 0.212. The van der Waals surface area contributed by atoms with Crippen LogP contribution in [0, 0.1) is 23.7 Å². The molecule has 246 valence electrons. The number of rotatable bonds is 7. The average Bonchev–Trinajstić information content (AvgIpc) is 3.04. The van der Waals surface area contributed by atoms with Gasteiger partial charge in [-0.2, -0.15) is 0 Å². The fourth-order valence-corrected chi connectivity index (χ4v) is 12.9. The molecule has 8 saturated carbocycles. The van der Waals surface area contributed by atoms with Crippen molar-refractivity contribution in [2.75, 3.05) is 0 Å². The number of benzene rings is 4. The molecule has 8 fully saturated rings. The average molecular weight is 637 g/mol. The van der Waals surface area contributed by atoms with E-state index < -0.39 is 0 Å². The molecule has 4 nitrogen and oxygen atoms in total. The van der Waals surface area contributed by atoms with Crippen molar-refractivity contribution in [1.29, 1.82) is 0 Å². The van der Waals surface area contributed by atoms with Gasteiger partial charge in [-0.3, -0.25) is 0 Å². The van der Waals surface area contributed by atoms with Gasteiger partial charge in [0, 0.05) is 22.2 Å². The topological polar surface area (TPSA) is 70.5 Å². The third-order valence-corrected chi connectivity index (χ3v) is 13.7. The van der Waals surface area contributed by atoms with Crippen LogP contribution in [0.2, 0.25) is 0 Å². The Morgan fingerprint density at radius 2 is 0.792 bits per heavy atom. The SMILES string of the molecule is NC12CC3CC(C1)CC(c1ccc(Oc4ccccc4-c4ccccc4Oc4ccc(C56CC7CC(CC(N)(C7)C5)C6)cc4)cc1)(C3)C2. The maximum atomic E-state index is 6.93. The van der Waals surface area contributed by atoms with Gasteiger partial charge in [0.1, 0.15) is 23.0 Å². The predicted molar refractivity (Wildman–Crippen MR) is 191 cm³/mol. The van der Waals surface area contributed by atoms with Crippen LogP contribution in [0.4, 0.5) is 0 Å². The molecule has 0 aliphatic heterocycles. The summed E-state index contributed by atoms with van der Waals surface area (Å²) in [6.07, 6.45) is 15.1. The van der Waals surface area contributed by atoms with E-state index in [0.29, 0.717) is 0 Å². The molecule has 0 aromatic heterocycles. The number of hydrogen-bond donors (Lipinski definition) is 2. The van der Waals surface area contributed by atoms with Crippen LogP contribution in [0.25, 0.3) is 11.1 Å². The summed E-state index contributed by atoms with van der Waals surface area (Å²) in [5, 5.41) is 0. The third kappa shape index (κ3) is 4.85. The highest BCUT2D eigenvalue weighted by molar-refractivity contribution is 5.76. The predicted octanol–water partition coefficient (Wildman–Crippen LogP) is 10.0. The van der Waals surface area contributed by atoms with Crippen LogP contribution in [-0.2, 0) is 10.8 Å². The van der Waals surface area contributed by atoms with Crippen molar-refractivity contribution in [2.45, 2.75) is 99.0 Å². The minimum atomic E-state index is 0.0397. The Morgan fingerprint density at radius 3 is 1.15 bits per heavy atom. The van der Waals surface area contributed by atoms with E-state index in [9.17, 15) is 0 Å². The monoisotopic (exact) mass is 636 g/mol. The van der Waals surface area contributed by atoms with E-state index in [-0.39, 0.29) is 21.9 Å². The highest BCUT2D eigenvalue weighted by Crippen LogP contribution is 2.63. The minimum absolute atomic E-state index is 0.0397. The number of ether oxygens (including phenoxy) is 2. The van der Waals surface area contributed by atoms with Crippen LogP contribution >= 0.6 is 0 Å². The Bertz CT molecular complexity index is 1700. The third-order valence-electron chi connectivity index (χ3n) is 13.7. The zero-order chi connectivity index (χ0) is 32.1. The maximum Gasteiger partial charge on any atom is 0.135 e. The van der Waals surface area contributed by atoms with E-state index in [2.05, 4.69) is 84.9 Å². The fraction of sp³-hybridized carbons (Fsp3) is 0.455. The maximum absolute atomic E-state index is 6.93. The van der Waals surface area contributed by atoms with Gasteiger partial charge in [-0.1, -0.05) is 60.7 Å². The van der Waals surface area contributed by atoms with E-state index >= 15 is 0 Å². The highest BCUT2D eigenvalue weighted by Gasteiger charge is 2.58. The van der Waals surface area contributed by atoms with Gasteiger partial charge in [-0.25, -0.2) is 0 Å². The van der Waals surface area contributed by atoms with Gasteiger partial charge in [-0.05, 0) is 159 Å². The molecule has 0 spiro atoms. The van der Waals surface area contributed by atoms with Crippen molar-refractivity contribution >= 4 is 0 Å². The molecule has 4 atom stereocenters. The van der Waals surface area contributed by atoms with Gasteiger partial charge in [0.2, 0.25) is 0 Å². The Kier molecular flexibility index (Phi) is 6.39. The summed E-state index contributed by atoms with van der Waals surface area (Å²) in [4.78, 5) is 0. The number of nitrogens with two attached hydrogens (primary N) is 2. The lowest BCUT2D eigenvalue weighted by Crippen LogP contribution is -2.61. The summed E-state index contributed by atoms with van der Waals surface area (Å²) in [6.45, 7) is 0. The summed E-state index contributed by atoms with van der Waals surface area (Å²) < 4.78 is 13.2. The van der Waals surface area contributed by atoms with Gasteiger partial charge in [-0.15, -0.1) is 0 Å². The molecular formula is C44H48N2O2. The summed E-state index contributed by atoms with van der Waals surface area (Å²) in [5.74, 6) is 6.53. The molecule has 8 aliphatic rings. The fourth-order valence-electron chi connectivity index (χ4n) is 12.9. The molecule has 0 saturated heterocycles. The second kappa shape index (κ2) is 10.5. The Morgan fingerprint density at radius 1 is 0.438 bits per heavy atom. The van der Waals surface area contributed by atoms with Crippen LogP contribution < -0.4 is 20.9 Å². The molecule has 4 N–H and O–H groups in total. The molecule has 8 aliphatic carbocycles. The van der Waals surface area contributed by atoms with Gasteiger partial charge < -0.3 is 20.9 Å². The molecule has 48 heavy (non-hydrogen) atoms. The lowest BCUT2D eigenvalue weighted by atomic mass is 9.45. The molecular weight excluding hydrogens is 588 g/mol. The lowest BCUT2D eigenvalue weighted by Gasteiger charge is -2.61. The van der Waals surface area contributed by atoms with E-state index in [1.165, 1.54) is 75.3 Å². The van der Waals surface area contributed by atoms with Gasteiger partial charge in [0.05, 0.1) is 0 Å². The zero-order valence-electron chi connectivity index (χ0n) is 28.0.